The third-order valence-electron chi connectivity index (χ3n) is 1.65. The molecule has 76 valence electrons. The molecule has 0 bridgehead atoms. The van der Waals surface area contributed by atoms with E-state index in [1.54, 1.807) is 13.8 Å². The van der Waals surface area contributed by atoms with Crippen molar-refractivity contribution < 1.29 is 19.4 Å². The van der Waals surface area contributed by atoms with Crippen molar-refractivity contribution in [1.29, 1.82) is 0 Å². The fourth-order valence-corrected chi connectivity index (χ4v) is 0.868. The van der Waals surface area contributed by atoms with Gasteiger partial charge in [-0.1, -0.05) is 6.92 Å². The molecule has 0 aliphatic rings. The minimum atomic E-state index is -1.68. The zero-order valence-electron chi connectivity index (χ0n) is 8.29. The lowest BCUT2D eigenvalue weighted by Crippen LogP contribution is -2.38. The van der Waals surface area contributed by atoms with E-state index in [1.165, 1.54) is 6.92 Å². The van der Waals surface area contributed by atoms with E-state index in [9.17, 15) is 14.7 Å². The molecule has 4 heteroatoms. The number of ether oxygens (including phenoxy) is 1. The molecular formula is C9H16O4. The lowest BCUT2D eigenvalue weighted by molar-refractivity contribution is -0.165. The third kappa shape index (κ3) is 4.03. The molecule has 1 N–H and O–H groups in total. The van der Waals surface area contributed by atoms with Crippen LogP contribution >= 0.6 is 0 Å². The molecule has 0 saturated carbocycles. The summed E-state index contributed by atoms with van der Waals surface area (Å²) in [6.07, 6.45) is 0.137. The van der Waals surface area contributed by atoms with Gasteiger partial charge in [0.1, 0.15) is 5.78 Å². The van der Waals surface area contributed by atoms with Gasteiger partial charge >= 0.3 is 5.97 Å². The molecule has 4 nitrogen and oxygen atoms in total. The zero-order valence-corrected chi connectivity index (χ0v) is 8.29. The molecule has 0 rings (SSSR count). The molecule has 13 heavy (non-hydrogen) atoms. The van der Waals surface area contributed by atoms with Gasteiger partial charge in [-0.05, 0) is 13.8 Å². The van der Waals surface area contributed by atoms with E-state index in [0.29, 0.717) is 6.42 Å². The van der Waals surface area contributed by atoms with Crippen LogP contribution in [0.5, 0.6) is 0 Å². The van der Waals surface area contributed by atoms with Crippen LogP contribution in [-0.4, -0.2) is 29.1 Å². The van der Waals surface area contributed by atoms with Gasteiger partial charge in [-0.15, -0.1) is 0 Å². The number of esters is 1. The third-order valence-corrected chi connectivity index (χ3v) is 1.65. The van der Waals surface area contributed by atoms with E-state index in [1.807, 2.05) is 0 Å². The molecule has 0 radical (unpaired) electrons. The summed E-state index contributed by atoms with van der Waals surface area (Å²) >= 11 is 0. The Bertz CT molecular complexity index is 196. The Morgan fingerprint density at radius 3 is 2.31 bits per heavy atom. The highest BCUT2D eigenvalue weighted by molar-refractivity contribution is 5.88. The van der Waals surface area contributed by atoms with Crippen LogP contribution in [0.15, 0.2) is 0 Å². The van der Waals surface area contributed by atoms with Gasteiger partial charge in [0.2, 0.25) is 0 Å². The molecule has 0 amide bonds. The number of rotatable bonds is 5. The first kappa shape index (κ1) is 12.1. The van der Waals surface area contributed by atoms with Gasteiger partial charge in [0, 0.05) is 12.8 Å². The van der Waals surface area contributed by atoms with Crippen LogP contribution in [0.25, 0.3) is 0 Å². The van der Waals surface area contributed by atoms with Gasteiger partial charge in [-0.25, -0.2) is 4.79 Å². The Morgan fingerprint density at radius 2 is 1.92 bits per heavy atom. The topological polar surface area (TPSA) is 63.6 Å². The highest BCUT2D eigenvalue weighted by atomic mass is 16.5. The Hall–Kier alpha value is -0.900. The molecule has 0 aromatic rings. The number of hydrogen-bond donors (Lipinski definition) is 1. The Labute approximate surface area is 77.9 Å². The summed E-state index contributed by atoms with van der Waals surface area (Å²) < 4.78 is 4.61. The molecule has 0 saturated heterocycles. The predicted molar refractivity (Wildman–Crippen MR) is 47.2 cm³/mol. The molecule has 0 aromatic heterocycles. The van der Waals surface area contributed by atoms with Gasteiger partial charge in [0.25, 0.3) is 0 Å². The molecule has 0 aliphatic carbocycles. The number of carbonyl (C=O) groups is 2. The lowest BCUT2D eigenvalue weighted by Gasteiger charge is -2.19. The second-order valence-corrected chi connectivity index (χ2v) is 3.06. The maximum Gasteiger partial charge on any atom is 0.338 e. The van der Waals surface area contributed by atoms with Crippen molar-refractivity contribution in [2.24, 2.45) is 0 Å². The fourth-order valence-electron chi connectivity index (χ4n) is 0.868. The van der Waals surface area contributed by atoms with Crippen molar-refractivity contribution in [3.63, 3.8) is 0 Å². The van der Waals surface area contributed by atoms with Gasteiger partial charge in [-0.3, -0.25) is 4.79 Å². The van der Waals surface area contributed by atoms with Crippen LogP contribution < -0.4 is 0 Å². The largest absolute Gasteiger partial charge is 0.464 e. The summed E-state index contributed by atoms with van der Waals surface area (Å²) in [6.45, 7) is 4.83. The molecule has 1 atom stereocenters. The van der Waals surface area contributed by atoms with E-state index in [4.69, 9.17) is 0 Å². The van der Waals surface area contributed by atoms with Crippen LogP contribution in [-0.2, 0) is 14.3 Å². The quantitative estimate of drug-likeness (QED) is 0.644. The first-order valence-electron chi connectivity index (χ1n) is 4.35. The molecular weight excluding hydrogens is 172 g/mol. The van der Waals surface area contributed by atoms with Crippen molar-refractivity contribution in [3.05, 3.63) is 0 Å². The molecule has 0 aromatic carbocycles. The number of ketones is 1. The Kier molecular flexibility index (Phi) is 4.62. The van der Waals surface area contributed by atoms with Gasteiger partial charge in [-0.2, -0.15) is 0 Å². The van der Waals surface area contributed by atoms with Crippen LogP contribution in [0.3, 0.4) is 0 Å². The summed E-state index contributed by atoms with van der Waals surface area (Å²) in [6, 6.07) is 0. The number of Topliss-reactive ketones (excluding diaryl/α,β-unsaturated/α-hetero) is 1. The van der Waals surface area contributed by atoms with Crippen LogP contribution in [0.4, 0.5) is 0 Å². The molecule has 0 fully saturated rings. The number of hydrogen-bond acceptors (Lipinski definition) is 4. The van der Waals surface area contributed by atoms with Gasteiger partial charge in [0.05, 0.1) is 6.61 Å². The van der Waals surface area contributed by atoms with Crippen molar-refractivity contribution in [2.75, 3.05) is 6.61 Å². The van der Waals surface area contributed by atoms with E-state index < -0.39 is 11.6 Å². The monoisotopic (exact) mass is 188 g/mol. The minimum Gasteiger partial charge on any atom is -0.464 e. The normalized spacial score (nSPS) is 14.8. The molecule has 0 spiro atoms. The standard InChI is InChI=1S/C9H16O4/c1-4-7(10)6-9(3,12)8(11)13-5-2/h12H,4-6H2,1-3H3. The first-order valence-corrected chi connectivity index (χ1v) is 4.35. The zero-order chi connectivity index (χ0) is 10.5. The van der Waals surface area contributed by atoms with Gasteiger partial charge in [0.15, 0.2) is 5.60 Å². The SMILES string of the molecule is CCOC(=O)C(C)(O)CC(=O)CC. The van der Waals surface area contributed by atoms with Crippen LogP contribution in [0.2, 0.25) is 0 Å². The van der Waals surface area contributed by atoms with Gasteiger partial charge < -0.3 is 9.84 Å². The summed E-state index contributed by atoms with van der Waals surface area (Å²) in [5.41, 5.74) is -1.68. The Morgan fingerprint density at radius 1 is 1.38 bits per heavy atom. The average Bonchev–Trinajstić information content (AvgIpc) is 2.04. The summed E-state index contributed by atoms with van der Waals surface area (Å²) in [5.74, 6) is -0.894. The lowest BCUT2D eigenvalue weighted by atomic mass is 9.99. The Balaban J connectivity index is 4.21. The summed E-state index contributed by atoms with van der Waals surface area (Å²) in [7, 11) is 0. The smallest absolute Gasteiger partial charge is 0.338 e. The average molecular weight is 188 g/mol. The van der Waals surface area contributed by atoms with Crippen molar-refractivity contribution in [3.8, 4) is 0 Å². The maximum absolute atomic E-state index is 11.1. The molecule has 1 unspecified atom stereocenters. The van der Waals surface area contributed by atoms with E-state index >= 15 is 0 Å². The summed E-state index contributed by atoms with van der Waals surface area (Å²) in [4.78, 5) is 22.1. The highest BCUT2D eigenvalue weighted by Gasteiger charge is 2.33. The van der Waals surface area contributed by atoms with E-state index in [2.05, 4.69) is 4.74 Å². The minimum absolute atomic E-state index is 0.155. The molecule has 0 heterocycles. The van der Waals surface area contributed by atoms with Crippen LogP contribution in [0, 0.1) is 0 Å². The van der Waals surface area contributed by atoms with E-state index in [0.717, 1.165) is 0 Å². The maximum atomic E-state index is 11.1. The fraction of sp³-hybridized carbons (Fsp3) is 0.778. The second-order valence-electron chi connectivity index (χ2n) is 3.06. The molecule has 0 aliphatic heterocycles. The second kappa shape index (κ2) is 4.97. The predicted octanol–water partition coefficient (Wildman–Crippen LogP) is 0.670. The number of carbonyl (C=O) groups excluding carboxylic acids is 2. The van der Waals surface area contributed by atoms with Crippen molar-refractivity contribution in [1.82, 2.24) is 0 Å². The highest BCUT2D eigenvalue weighted by Crippen LogP contribution is 2.13. The van der Waals surface area contributed by atoms with E-state index in [-0.39, 0.29) is 18.8 Å². The van der Waals surface area contributed by atoms with Crippen LogP contribution in [0.1, 0.15) is 33.6 Å². The van der Waals surface area contributed by atoms with Crippen molar-refractivity contribution in [2.45, 2.75) is 39.2 Å². The first-order chi connectivity index (χ1) is 5.94. The number of aliphatic hydroxyl groups is 1. The summed E-state index contributed by atoms with van der Waals surface area (Å²) in [5, 5.41) is 9.52. The van der Waals surface area contributed by atoms with Crippen molar-refractivity contribution >= 4 is 11.8 Å².